The van der Waals surface area contributed by atoms with Gasteiger partial charge in [0.2, 0.25) is 0 Å². The van der Waals surface area contributed by atoms with Crippen LogP contribution in [0.1, 0.15) is 19.8 Å². The van der Waals surface area contributed by atoms with Crippen molar-refractivity contribution in [2.75, 3.05) is 19.5 Å². The van der Waals surface area contributed by atoms with Crippen LogP contribution in [0, 0.1) is 16.0 Å². The van der Waals surface area contributed by atoms with Gasteiger partial charge in [-0.2, -0.15) is 0 Å². The predicted octanol–water partition coefficient (Wildman–Crippen LogP) is 2.82. The van der Waals surface area contributed by atoms with E-state index in [9.17, 15) is 10.1 Å². The van der Waals surface area contributed by atoms with Gasteiger partial charge in [0.25, 0.3) is 5.69 Å². The van der Waals surface area contributed by atoms with Crippen molar-refractivity contribution in [3.63, 3.8) is 0 Å². The number of hydrogen-bond donors (Lipinski definition) is 1. The summed E-state index contributed by atoms with van der Waals surface area (Å²) in [6.45, 7) is 2.17. The average Bonchev–Trinajstić information content (AvgIpc) is 2.35. The van der Waals surface area contributed by atoms with Crippen LogP contribution in [0.25, 0.3) is 0 Å². The molecule has 19 heavy (non-hydrogen) atoms. The largest absolute Gasteiger partial charge is 0.493 e. The third-order valence-electron chi connectivity index (χ3n) is 3.43. The van der Waals surface area contributed by atoms with Crippen molar-refractivity contribution < 1.29 is 14.4 Å². The van der Waals surface area contributed by atoms with Crippen molar-refractivity contribution in [3.05, 3.63) is 22.2 Å². The molecule has 0 heterocycles. The van der Waals surface area contributed by atoms with E-state index in [1.807, 2.05) is 0 Å². The summed E-state index contributed by atoms with van der Waals surface area (Å²) in [4.78, 5) is 10.7. The molecule has 0 aromatic heterocycles. The molecule has 1 N–H and O–H groups in total. The molecule has 0 amide bonds. The van der Waals surface area contributed by atoms with Crippen LogP contribution in [0.15, 0.2) is 12.1 Å². The molecule has 104 valence electrons. The molecule has 1 aliphatic carbocycles. The van der Waals surface area contributed by atoms with Crippen LogP contribution in [0.4, 0.5) is 11.4 Å². The minimum absolute atomic E-state index is 0.0113. The van der Waals surface area contributed by atoms with Crippen LogP contribution >= 0.6 is 0 Å². The van der Waals surface area contributed by atoms with E-state index in [4.69, 9.17) is 9.47 Å². The highest BCUT2D eigenvalue weighted by Gasteiger charge is 2.28. The molecule has 0 bridgehead atoms. The summed E-state index contributed by atoms with van der Waals surface area (Å²) < 4.78 is 10.3. The Labute approximate surface area is 111 Å². The molecular weight excluding hydrogens is 248 g/mol. The van der Waals surface area contributed by atoms with Crippen LogP contribution in [-0.4, -0.2) is 25.2 Å². The molecule has 2 rings (SSSR count). The second-order valence-electron chi connectivity index (χ2n) is 4.90. The third-order valence-corrected chi connectivity index (χ3v) is 3.43. The average molecular weight is 266 g/mol. The minimum atomic E-state index is -0.410. The maximum absolute atomic E-state index is 11.1. The van der Waals surface area contributed by atoms with E-state index in [1.165, 1.54) is 20.3 Å². The molecule has 1 aromatic carbocycles. The molecule has 1 fully saturated rings. The maximum atomic E-state index is 11.1. The van der Waals surface area contributed by atoms with Crippen molar-refractivity contribution in [2.45, 2.75) is 25.8 Å². The first-order valence-electron chi connectivity index (χ1n) is 6.22. The standard InChI is InChI=1S/C13H18N2O4/c1-8-4-9(5-8)14-10-6-12(18-2)13(19-3)7-11(10)15(16)17/h6-9,14H,4-5H2,1-3H3. The molecule has 6 heteroatoms. The Bertz CT molecular complexity index is 484. The van der Waals surface area contributed by atoms with Gasteiger partial charge < -0.3 is 14.8 Å². The van der Waals surface area contributed by atoms with Crippen LogP contribution in [0.3, 0.4) is 0 Å². The molecule has 0 aliphatic heterocycles. The highest BCUT2D eigenvalue weighted by atomic mass is 16.6. The minimum Gasteiger partial charge on any atom is -0.493 e. The Morgan fingerprint density at radius 3 is 2.32 bits per heavy atom. The predicted molar refractivity (Wildman–Crippen MR) is 72.0 cm³/mol. The van der Waals surface area contributed by atoms with Gasteiger partial charge in [0.15, 0.2) is 11.5 Å². The van der Waals surface area contributed by atoms with E-state index in [-0.39, 0.29) is 5.69 Å². The highest BCUT2D eigenvalue weighted by molar-refractivity contribution is 5.69. The van der Waals surface area contributed by atoms with Crippen molar-refractivity contribution >= 4 is 11.4 Å². The van der Waals surface area contributed by atoms with Crippen molar-refractivity contribution in [2.24, 2.45) is 5.92 Å². The Kier molecular flexibility index (Phi) is 3.78. The number of ether oxygens (including phenoxy) is 2. The maximum Gasteiger partial charge on any atom is 0.296 e. The summed E-state index contributed by atoms with van der Waals surface area (Å²) in [6.07, 6.45) is 2.07. The SMILES string of the molecule is COc1cc(NC2CC(C)C2)c([N+](=O)[O-])cc1OC. The second-order valence-corrected chi connectivity index (χ2v) is 4.90. The Morgan fingerprint density at radius 2 is 1.84 bits per heavy atom. The van der Waals surface area contributed by atoms with Gasteiger partial charge in [0.1, 0.15) is 5.69 Å². The topological polar surface area (TPSA) is 73.6 Å². The van der Waals surface area contributed by atoms with Gasteiger partial charge in [0.05, 0.1) is 25.2 Å². The number of nitro benzene ring substituents is 1. The molecule has 0 unspecified atom stereocenters. The molecule has 0 radical (unpaired) electrons. The number of nitrogens with one attached hydrogen (secondary N) is 1. The van der Waals surface area contributed by atoms with Crippen LogP contribution in [-0.2, 0) is 0 Å². The molecule has 0 saturated heterocycles. The highest BCUT2D eigenvalue weighted by Crippen LogP contribution is 2.39. The normalized spacial score (nSPS) is 21.4. The smallest absolute Gasteiger partial charge is 0.296 e. The lowest BCUT2D eigenvalue weighted by molar-refractivity contribution is -0.384. The Balaban J connectivity index is 2.31. The van der Waals surface area contributed by atoms with Crippen molar-refractivity contribution in [3.8, 4) is 11.5 Å². The van der Waals surface area contributed by atoms with Gasteiger partial charge in [0, 0.05) is 12.1 Å². The molecule has 1 aliphatic rings. The van der Waals surface area contributed by atoms with Gasteiger partial charge in [-0.05, 0) is 18.8 Å². The first-order valence-corrected chi connectivity index (χ1v) is 6.22. The summed E-state index contributed by atoms with van der Waals surface area (Å²) in [7, 11) is 2.97. The Hall–Kier alpha value is -1.98. The quantitative estimate of drug-likeness (QED) is 0.655. The number of benzene rings is 1. The number of methoxy groups -OCH3 is 2. The van der Waals surface area contributed by atoms with Gasteiger partial charge >= 0.3 is 0 Å². The van der Waals surface area contributed by atoms with E-state index in [1.54, 1.807) is 6.07 Å². The second kappa shape index (κ2) is 5.34. The van der Waals surface area contributed by atoms with E-state index in [2.05, 4.69) is 12.2 Å². The molecule has 0 spiro atoms. The Morgan fingerprint density at radius 1 is 1.26 bits per heavy atom. The van der Waals surface area contributed by atoms with Crippen LogP contribution in [0.2, 0.25) is 0 Å². The van der Waals surface area contributed by atoms with Gasteiger partial charge in [-0.1, -0.05) is 6.92 Å². The zero-order valence-electron chi connectivity index (χ0n) is 11.3. The molecule has 0 atom stereocenters. The fourth-order valence-corrected chi connectivity index (χ4v) is 2.38. The first-order chi connectivity index (χ1) is 9.05. The van der Waals surface area contributed by atoms with Gasteiger partial charge in [-0.3, -0.25) is 10.1 Å². The zero-order valence-corrected chi connectivity index (χ0v) is 11.3. The summed E-state index contributed by atoms with van der Waals surface area (Å²) in [5.74, 6) is 1.53. The molecule has 6 nitrogen and oxygen atoms in total. The molecular formula is C13H18N2O4. The summed E-state index contributed by atoms with van der Waals surface area (Å²) in [6, 6.07) is 3.32. The summed E-state index contributed by atoms with van der Waals surface area (Å²) >= 11 is 0. The number of hydrogen-bond acceptors (Lipinski definition) is 5. The van der Waals surface area contributed by atoms with Crippen LogP contribution < -0.4 is 14.8 Å². The van der Waals surface area contributed by atoms with E-state index in [0.717, 1.165) is 12.8 Å². The van der Waals surface area contributed by atoms with Crippen LogP contribution in [0.5, 0.6) is 11.5 Å². The van der Waals surface area contributed by atoms with E-state index < -0.39 is 4.92 Å². The molecule has 1 saturated carbocycles. The fourth-order valence-electron chi connectivity index (χ4n) is 2.38. The summed E-state index contributed by atoms with van der Waals surface area (Å²) in [5.41, 5.74) is 0.497. The van der Waals surface area contributed by atoms with E-state index in [0.29, 0.717) is 29.1 Å². The van der Waals surface area contributed by atoms with E-state index >= 15 is 0 Å². The third kappa shape index (κ3) is 2.72. The lowest BCUT2D eigenvalue weighted by Gasteiger charge is -2.34. The number of anilines is 1. The lowest BCUT2D eigenvalue weighted by Crippen LogP contribution is -2.33. The zero-order chi connectivity index (χ0) is 14.0. The van der Waals surface area contributed by atoms with Gasteiger partial charge in [-0.15, -0.1) is 0 Å². The summed E-state index contributed by atoms with van der Waals surface area (Å²) in [5, 5.41) is 14.3. The van der Waals surface area contributed by atoms with Crippen molar-refractivity contribution in [1.29, 1.82) is 0 Å². The number of rotatable bonds is 5. The fraction of sp³-hybridized carbons (Fsp3) is 0.538. The first kappa shape index (κ1) is 13.5. The van der Waals surface area contributed by atoms with Gasteiger partial charge in [-0.25, -0.2) is 0 Å². The number of nitro groups is 1. The van der Waals surface area contributed by atoms with Crippen molar-refractivity contribution in [1.82, 2.24) is 0 Å². The lowest BCUT2D eigenvalue weighted by atomic mass is 9.82. The number of nitrogens with zero attached hydrogens (tertiary/aromatic N) is 1. The monoisotopic (exact) mass is 266 g/mol. The molecule has 1 aromatic rings.